The summed E-state index contributed by atoms with van der Waals surface area (Å²) in [4.78, 5) is 24.8. The Hall–Kier alpha value is -1.31. The summed E-state index contributed by atoms with van der Waals surface area (Å²) in [5, 5.41) is 0. The van der Waals surface area contributed by atoms with Crippen LogP contribution in [-0.2, 0) is 14.3 Å². The fraction of sp³-hybridized carbons (Fsp3) is 0.846. The summed E-state index contributed by atoms with van der Waals surface area (Å²) in [5.74, 6) is -3.02. The van der Waals surface area contributed by atoms with Crippen LogP contribution in [0.1, 0.15) is 25.7 Å². The largest absolute Gasteiger partial charge is 0.391 e. The first kappa shape index (κ1) is 16.1. The van der Waals surface area contributed by atoms with Crippen molar-refractivity contribution in [2.75, 3.05) is 19.7 Å². The highest BCUT2D eigenvalue weighted by atomic mass is 19.4. The Morgan fingerprint density at radius 3 is 2.57 bits per heavy atom. The van der Waals surface area contributed by atoms with Crippen molar-refractivity contribution >= 4 is 11.8 Å². The van der Waals surface area contributed by atoms with Gasteiger partial charge in [0.2, 0.25) is 11.8 Å². The number of ether oxygens (including phenoxy) is 1. The van der Waals surface area contributed by atoms with Gasteiger partial charge < -0.3 is 15.4 Å². The molecule has 1 heterocycles. The molecule has 21 heavy (non-hydrogen) atoms. The number of halogens is 3. The van der Waals surface area contributed by atoms with Crippen molar-refractivity contribution in [1.82, 2.24) is 4.90 Å². The molecule has 1 aliphatic carbocycles. The normalized spacial score (nSPS) is 31.0. The van der Waals surface area contributed by atoms with Gasteiger partial charge in [-0.15, -0.1) is 0 Å². The van der Waals surface area contributed by atoms with E-state index in [0.29, 0.717) is 12.8 Å². The molecule has 2 fully saturated rings. The molecule has 1 saturated carbocycles. The van der Waals surface area contributed by atoms with E-state index in [1.54, 1.807) is 0 Å². The molecule has 3 unspecified atom stereocenters. The molecule has 0 aromatic carbocycles. The van der Waals surface area contributed by atoms with Crippen LogP contribution in [0.2, 0.25) is 0 Å². The Bertz CT molecular complexity index is 414. The molecule has 2 aliphatic rings. The van der Waals surface area contributed by atoms with Crippen molar-refractivity contribution in [3.05, 3.63) is 0 Å². The zero-order valence-electron chi connectivity index (χ0n) is 11.6. The van der Waals surface area contributed by atoms with Crippen molar-refractivity contribution < 1.29 is 27.5 Å². The predicted octanol–water partition coefficient (Wildman–Crippen LogP) is 1.07. The molecule has 120 valence electrons. The number of carbonyl (C=O) groups is 2. The second-order valence-electron chi connectivity index (χ2n) is 5.65. The van der Waals surface area contributed by atoms with Crippen LogP contribution < -0.4 is 5.73 Å². The number of rotatable bonds is 2. The first-order chi connectivity index (χ1) is 9.79. The lowest BCUT2D eigenvalue weighted by atomic mass is 9.80. The summed E-state index contributed by atoms with van der Waals surface area (Å²) < 4.78 is 43.5. The monoisotopic (exact) mass is 308 g/mol. The molecular weight excluding hydrogens is 289 g/mol. The topological polar surface area (TPSA) is 72.6 Å². The Morgan fingerprint density at radius 2 is 1.95 bits per heavy atom. The van der Waals surface area contributed by atoms with Crippen LogP contribution in [-0.4, -0.2) is 48.7 Å². The first-order valence-corrected chi connectivity index (χ1v) is 7.05. The number of nitrogens with two attached hydrogens (primary N) is 1. The second kappa shape index (κ2) is 6.21. The van der Waals surface area contributed by atoms with Crippen molar-refractivity contribution in [2.24, 2.45) is 17.6 Å². The molecule has 0 bridgehead atoms. The highest BCUT2D eigenvalue weighted by Crippen LogP contribution is 2.40. The fourth-order valence-electron chi connectivity index (χ4n) is 2.99. The lowest BCUT2D eigenvalue weighted by Crippen LogP contribution is -2.52. The molecule has 8 heteroatoms. The van der Waals surface area contributed by atoms with Gasteiger partial charge in [-0.2, -0.15) is 13.2 Å². The Morgan fingerprint density at radius 1 is 1.24 bits per heavy atom. The smallest absolute Gasteiger partial charge is 0.367 e. The number of nitrogens with zero attached hydrogens (tertiary/aromatic N) is 1. The van der Waals surface area contributed by atoms with E-state index in [2.05, 4.69) is 0 Å². The molecule has 0 aromatic heterocycles. The van der Waals surface area contributed by atoms with E-state index in [1.807, 2.05) is 0 Å². The van der Waals surface area contributed by atoms with Crippen molar-refractivity contribution in [3.63, 3.8) is 0 Å². The number of morpholine rings is 1. The third kappa shape index (κ3) is 3.87. The SMILES string of the molecule is NC(=O)C1CN(C(=O)C2CCCC(C(F)(F)F)C2)CCO1. The molecule has 2 amide bonds. The Labute approximate surface area is 120 Å². The van der Waals surface area contributed by atoms with Gasteiger partial charge in [0.05, 0.1) is 19.1 Å². The average molecular weight is 308 g/mol. The maximum Gasteiger partial charge on any atom is 0.391 e. The molecule has 0 spiro atoms. The van der Waals surface area contributed by atoms with E-state index in [9.17, 15) is 22.8 Å². The van der Waals surface area contributed by atoms with Gasteiger partial charge >= 0.3 is 6.18 Å². The van der Waals surface area contributed by atoms with E-state index in [-0.39, 0.29) is 38.4 Å². The predicted molar refractivity (Wildman–Crippen MR) is 67.0 cm³/mol. The number of hydrogen-bond acceptors (Lipinski definition) is 3. The summed E-state index contributed by atoms with van der Waals surface area (Å²) in [5.41, 5.74) is 5.14. The lowest BCUT2D eigenvalue weighted by molar-refractivity contribution is -0.187. The number of primary amides is 1. The van der Waals surface area contributed by atoms with Gasteiger partial charge in [-0.25, -0.2) is 0 Å². The lowest BCUT2D eigenvalue weighted by Gasteiger charge is -2.36. The highest BCUT2D eigenvalue weighted by Gasteiger charge is 2.44. The molecule has 2 rings (SSSR count). The zero-order valence-corrected chi connectivity index (χ0v) is 11.6. The molecule has 1 aliphatic heterocycles. The first-order valence-electron chi connectivity index (χ1n) is 7.05. The minimum atomic E-state index is -4.25. The van der Waals surface area contributed by atoms with Gasteiger partial charge in [0.25, 0.3) is 0 Å². The van der Waals surface area contributed by atoms with Gasteiger partial charge in [0.1, 0.15) is 0 Å². The van der Waals surface area contributed by atoms with Crippen LogP contribution in [0.5, 0.6) is 0 Å². The summed E-state index contributed by atoms with van der Waals surface area (Å²) in [6.07, 6.45) is -4.35. The molecule has 3 atom stereocenters. The average Bonchev–Trinajstić information content (AvgIpc) is 2.46. The minimum absolute atomic E-state index is 0.0291. The van der Waals surface area contributed by atoms with Crippen molar-refractivity contribution in [3.8, 4) is 0 Å². The number of carbonyl (C=O) groups excluding carboxylic acids is 2. The van der Waals surface area contributed by atoms with E-state index >= 15 is 0 Å². The molecule has 5 nitrogen and oxygen atoms in total. The Balaban J connectivity index is 1.97. The molecular formula is C13H19F3N2O3. The van der Waals surface area contributed by atoms with Gasteiger partial charge in [-0.05, 0) is 19.3 Å². The fourth-order valence-corrected chi connectivity index (χ4v) is 2.99. The van der Waals surface area contributed by atoms with Crippen LogP contribution >= 0.6 is 0 Å². The summed E-state index contributed by atoms with van der Waals surface area (Å²) in [6, 6.07) is 0. The molecule has 0 aromatic rings. The molecule has 0 radical (unpaired) electrons. The molecule has 2 N–H and O–H groups in total. The van der Waals surface area contributed by atoms with Gasteiger partial charge in [0, 0.05) is 12.5 Å². The number of alkyl halides is 3. The third-order valence-corrected chi connectivity index (χ3v) is 4.18. The van der Waals surface area contributed by atoms with Crippen LogP contribution in [0.25, 0.3) is 0 Å². The van der Waals surface area contributed by atoms with Crippen LogP contribution in [0.15, 0.2) is 0 Å². The van der Waals surface area contributed by atoms with Crippen molar-refractivity contribution in [1.29, 1.82) is 0 Å². The number of hydrogen-bond donors (Lipinski definition) is 1. The van der Waals surface area contributed by atoms with Crippen molar-refractivity contribution in [2.45, 2.75) is 38.0 Å². The summed E-state index contributed by atoms with van der Waals surface area (Å²) >= 11 is 0. The van der Waals surface area contributed by atoms with E-state index in [1.165, 1.54) is 4.90 Å². The van der Waals surface area contributed by atoms with E-state index in [4.69, 9.17) is 10.5 Å². The highest BCUT2D eigenvalue weighted by molar-refractivity contribution is 5.82. The maximum atomic E-state index is 12.8. The van der Waals surface area contributed by atoms with Gasteiger partial charge in [0.15, 0.2) is 6.10 Å². The quantitative estimate of drug-likeness (QED) is 0.829. The summed E-state index contributed by atoms with van der Waals surface area (Å²) in [6.45, 7) is 0.492. The van der Waals surface area contributed by atoms with Gasteiger partial charge in [-0.3, -0.25) is 9.59 Å². The zero-order chi connectivity index (χ0) is 15.6. The third-order valence-electron chi connectivity index (χ3n) is 4.18. The summed E-state index contributed by atoms with van der Waals surface area (Å²) in [7, 11) is 0. The minimum Gasteiger partial charge on any atom is -0.367 e. The Kier molecular flexibility index (Phi) is 4.75. The van der Waals surface area contributed by atoms with E-state index in [0.717, 1.165) is 0 Å². The van der Waals surface area contributed by atoms with Gasteiger partial charge in [-0.1, -0.05) is 6.42 Å². The van der Waals surface area contributed by atoms with Crippen LogP contribution in [0, 0.1) is 11.8 Å². The molecule has 1 saturated heterocycles. The standard InChI is InChI=1S/C13H19F3N2O3/c14-13(15,16)9-3-1-2-8(6-9)12(20)18-4-5-21-10(7-18)11(17)19/h8-10H,1-7H2,(H2,17,19). The second-order valence-corrected chi connectivity index (χ2v) is 5.65. The van der Waals surface area contributed by atoms with Crippen LogP contribution in [0.3, 0.4) is 0 Å². The maximum absolute atomic E-state index is 12.8. The number of amides is 2. The van der Waals surface area contributed by atoms with E-state index < -0.39 is 30.0 Å². The van der Waals surface area contributed by atoms with Crippen LogP contribution in [0.4, 0.5) is 13.2 Å².